The average molecular weight is 390 g/mol. The summed E-state index contributed by atoms with van der Waals surface area (Å²) in [4.78, 5) is 14.2. The molecule has 1 aliphatic heterocycles. The van der Waals surface area contributed by atoms with E-state index in [0.29, 0.717) is 6.54 Å². The highest BCUT2D eigenvalue weighted by Gasteiger charge is 2.19. The first-order chi connectivity index (χ1) is 14.3. The Morgan fingerprint density at radius 3 is 2.48 bits per heavy atom. The fraction of sp³-hybridized carbons (Fsp3) is 0.304. The van der Waals surface area contributed by atoms with Crippen LogP contribution in [0.1, 0.15) is 5.56 Å². The Kier molecular flexibility index (Phi) is 6.34. The molecular weight excluding hydrogens is 362 g/mol. The molecule has 6 nitrogen and oxygen atoms in total. The summed E-state index contributed by atoms with van der Waals surface area (Å²) < 4.78 is 0. The van der Waals surface area contributed by atoms with Crippen LogP contribution in [0.2, 0.25) is 0 Å². The van der Waals surface area contributed by atoms with E-state index in [1.165, 1.54) is 5.56 Å². The Morgan fingerprint density at radius 2 is 1.69 bits per heavy atom. The number of rotatable bonds is 7. The molecule has 0 saturated carbocycles. The molecule has 0 aliphatic carbocycles. The number of hydrogen-bond acceptors (Lipinski definition) is 6. The van der Waals surface area contributed by atoms with Gasteiger partial charge in [0, 0.05) is 44.7 Å². The molecule has 3 aromatic rings. The summed E-state index contributed by atoms with van der Waals surface area (Å²) >= 11 is 0. The SMILES string of the molecule is OCCNc1nc(N2CCN(C/C=C/c3ccccc3)CC2)nc2ccccc12. The molecule has 2 heterocycles. The summed E-state index contributed by atoms with van der Waals surface area (Å²) in [6, 6.07) is 18.4. The average Bonchev–Trinajstić information content (AvgIpc) is 2.78. The van der Waals surface area contributed by atoms with E-state index in [-0.39, 0.29) is 6.61 Å². The van der Waals surface area contributed by atoms with Gasteiger partial charge in [0.25, 0.3) is 0 Å². The third kappa shape index (κ3) is 4.91. The van der Waals surface area contributed by atoms with Crippen LogP contribution in [0.25, 0.3) is 17.0 Å². The molecule has 0 spiro atoms. The lowest BCUT2D eigenvalue weighted by Gasteiger charge is -2.34. The van der Waals surface area contributed by atoms with Crippen molar-refractivity contribution in [2.45, 2.75) is 0 Å². The first kappa shape index (κ1) is 19.4. The zero-order chi connectivity index (χ0) is 19.9. The molecule has 6 heteroatoms. The van der Waals surface area contributed by atoms with Gasteiger partial charge in [-0.3, -0.25) is 4.90 Å². The number of nitrogens with one attached hydrogen (secondary N) is 1. The molecule has 29 heavy (non-hydrogen) atoms. The molecule has 0 bridgehead atoms. The lowest BCUT2D eigenvalue weighted by molar-refractivity contribution is 0.283. The van der Waals surface area contributed by atoms with Gasteiger partial charge in [0.15, 0.2) is 0 Å². The van der Waals surface area contributed by atoms with Crippen LogP contribution in [-0.2, 0) is 0 Å². The lowest BCUT2D eigenvalue weighted by Crippen LogP contribution is -2.47. The highest BCUT2D eigenvalue weighted by atomic mass is 16.3. The van der Waals surface area contributed by atoms with E-state index < -0.39 is 0 Å². The maximum absolute atomic E-state index is 9.16. The van der Waals surface area contributed by atoms with Gasteiger partial charge in [0.2, 0.25) is 5.95 Å². The van der Waals surface area contributed by atoms with E-state index in [2.05, 4.69) is 51.5 Å². The Morgan fingerprint density at radius 1 is 0.931 bits per heavy atom. The van der Waals surface area contributed by atoms with Gasteiger partial charge in [0.1, 0.15) is 5.82 Å². The van der Waals surface area contributed by atoms with Crippen molar-refractivity contribution in [3.05, 3.63) is 66.2 Å². The summed E-state index contributed by atoms with van der Waals surface area (Å²) in [6.45, 7) is 5.26. The van der Waals surface area contributed by atoms with E-state index in [1.54, 1.807) is 0 Å². The van der Waals surface area contributed by atoms with E-state index in [0.717, 1.165) is 55.4 Å². The number of para-hydroxylation sites is 1. The number of nitrogens with zero attached hydrogens (tertiary/aromatic N) is 4. The van der Waals surface area contributed by atoms with Crippen molar-refractivity contribution in [1.29, 1.82) is 0 Å². The first-order valence-electron chi connectivity index (χ1n) is 10.1. The van der Waals surface area contributed by atoms with Gasteiger partial charge in [0.05, 0.1) is 12.1 Å². The predicted octanol–water partition coefficient (Wildman–Crippen LogP) is 2.87. The summed E-state index contributed by atoms with van der Waals surface area (Å²) in [5, 5.41) is 13.4. The second-order valence-corrected chi connectivity index (χ2v) is 7.14. The Hall–Kier alpha value is -2.96. The van der Waals surface area contributed by atoms with E-state index in [9.17, 15) is 0 Å². The molecule has 4 rings (SSSR count). The summed E-state index contributed by atoms with van der Waals surface area (Å²) in [6.07, 6.45) is 4.41. The van der Waals surface area contributed by atoms with Gasteiger partial charge in [-0.2, -0.15) is 4.98 Å². The van der Waals surface area contributed by atoms with Crippen LogP contribution in [0.3, 0.4) is 0 Å². The van der Waals surface area contributed by atoms with Crippen LogP contribution >= 0.6 is 0 Å². The van der Waals surface area contributed by atoms with Crippen molar-refractivity contribution in [1.82, 2.24) is 14.9 Å². The molecule has 0 radical (unpaired) electrons. The Balaban J connectivity index is 1.40. The fourth-order valence-electron chi connectivity index (χ4n) is 3.55. The number of aliphatic hydroxyl groups excluding tert-OH is 1. The van der Waals surface area contributed by atoms with E-state index in [4.69, 9.17) is 15.1 Å². The number of aromatic nitrogens is 2. The largest absolute Gasteiger partial charge is 0.395 e. The van der Waals surface area contributed by atoms with Crippen LogP contribution < -0.4 is 10.2 Å². The van der Waals surface area contributed by atoms with Crippen LogP contribution in [0.4, 0.5) is 11.8 Å². The topological polar surface area (TPSA) is 64.5 Å². The third-order valence-corrected chi connectivity index (χ3v) is 5.12. The van der Waals surface area contributed by atoms with Crippen molar-refractivity contribution in [2.75, 3.05) is 56.1 Å². The fourth-order valence-corrected chi connectivity index (χ4v) is 3.55. The molecular formula is C23H27N5O. The highest BCUT2D eigenvalue weighted by molar-refractivity contribution is 5.90. The van der Waals surface area contributed by atoms with Gasteiger partial charge in [-0.25, -0.2) is 4.98 Å². The lowest BCUT2D eigenvalue weighted by atomic mass is 10.2. The molecule has 2 N–H and O–H groups in total. The normalized spacial score (nSPS) is 15.3. The molecule has 0 amide bonds. The minimum atomic E-state index is 0.0723. The van der Waals surface area contributed by atoms with Crippen LogP contribution in [0.15, 0.2) is 60.7 Å². The van der Waals surface area contributed by atoms with Crippen molar-refractivity contribution >= 4 is 28.7 Å². The van der Waals surface area contributed by atoms with Gasteiger partial charge >= 0.3 is 0 Å². The maximum atomic E-state index is 9.16. The number of hydrogen-bond donors (Lipinski definition) is 2. The highest BCUT2D eigenvalue weighted by Crippen LogP contribution is 2.24. The van der Waals surface area contributed by atoms with E-state index >= 15 is 0 Å². The first-order valence-corrected chi connectivity index (χ1v) is 10.1. The number of anilines is 2. The molecule has 1 aromatic heterocycles. The maximum Gasteiger partial charge on any atom is 0.227 e. The quantitative estimate of drug-likeness (QED) is 0.648. The summed E-state index contributed by atoms with van der Waals surface area (Å²) in [7, 11) is 0. The third-order valence-electron chi connectivity index (χ3n) is 5.12. The predicted molar refractivity (Wildman–Crippen MR) is 119 cm³/mol. The Bertz CT molecular complexity index is 952. The van der Waals surface area contributed by atoms with Crippen molar-refractivity contribution in [2.24, 2.45) is 0 Å². The number of piperazine rings is 1. The van der Waals surface area contributed by atoms with Gasteiger partial charge in [-0.05, 0) is 17.7 Å². The minimum absolute atomic E-state index is 0.0723. The van der Waals surface area contributed by atoms with Crippen LogP contribution in [0, 0.1) is 0 Å². The van der Waals surface area contributed by atoms with Crippen LogP contribution in [-0.4, -0.2) is 65.8 Å². The second kappa shape index (κ2) is 9.49. The molecule has 2 aromatic carbocycles. The van der Waals surface area contributed by atoms with Gasteiger partial charge < -0.3 is 15.3 Å². The zero-order valence-corrected chi connectivity index (χ0v) is 16.5. The minimum Gasteiger partial charge on any atom is -0.395 e. The van der Waals surface area contributed by atoms with Crippen molar-refractivity contribution in [3.63, 3.8) is 0 Å². The number of fused-ring (bicyclic) bond motifs is 1. The molecule has 1 saturated heterocycles. The summed E-state index contributed by atoms with van der Waals surface area (Å²) in [5.74, 6) is 1.54. The van der Waals surface area contributed by atoms with Gasteiger partial charge in [-0.15, -0.1) is 0 Å². The molecule has 1 fully saturated rings. The second-order valence-electron chi connectivity index (χ2n) is 7.14. The van der Waals surface area contributed by atoms with Crippen LogP contribution in [0.5, 0.6) is 0 Å². The van der Waals surface area contributed by atoms with Crippen molar-refractivity contribution in [3.8, 4) is 0 Å². The van der Waals surface area contributed by atoms with Crippen molar-refractivity contribution < 1.29 is 5.11 Å². The smallest absolute Gasteiger partial charge is 0.227 e. The Labute approximate surface area is 171 Å². The number of benzene rings is 2. The molecule has 0 unspecified atom stereocenters. The zero-order valence-electron chi connectivity index (χ0n) is 16.5. The van der Waals surface area contributed by atoms with E-state index in [1.807, 2.05) is 30.3 Å². The molecule has 150 valence electrons. The van der Waals surface area contributed by atoms with Gasteiger partial charge in [-0.1, -0.05) is 54.6 Å². The summed E-state index contributed by atoms with van der Waals surface area (Å²) in [5.41, 5.74) is 2.16. The standard InChI is InChI=1S/C23H27N5O/c29-18-12-24-22-20-10-4-5-11-21(20)25-23(26-22)28-16-14-27(15-17-28)13-6-9-19-7-2-1-3-8-19/h1-11,29H,12-18H2,(H,24,25,26)/b9-6+. The molecule has 0 atom stereocenters. The molecule has 1 aliphatic rings. The number of aliphatic hydroxyl groups is 1. The monoisotopic (exact) mass is 389 g/mol.